The van der Waals surface area contributed by atoms with E-state index in [0.717, 1.165) is 24.2 Å². The lowest BCUT2D eigenvalue weighted by atomic mass is 10.2. The zero-order valence-electron chi connectivity index (χ0n) is 17.4. The number of para-hydroxylation sites is 1. The van der Waals surface area contributed by atoms with E-state index in [0.29, 0.717) is 24.4 Å². The summed E-state index contributed by atoms with van der Waals surface area (Å²) in [7, 11) is -3.79. The van der Waals surface area contributed by atoms with Gasteiger partial charge in [-0.2, -0.15) is 0 Å². The Bertz CT molecular complexity index is 1100. The van der Waals surface area contributed by atoms with Crippen LogP contribution in [0.3, 0.4) is 0 Å². The number of sulfonamides is 1. The highest BCUT2D eigenvalue weighted by atomic mass is 32.2. The van der Waals surface area contributed by atoms with Gasteiger partial charge in [0.05, 0.1) is 11.5 Å². The highest BCUT2D eigenvalue weighted by molar-refractivity contribution is 7.92. The van der Waals surface area contributed by atoms with Gasteiger partial charge in [0.1, 0.15) is 5.75 Å². The third-order valence-corrected chi connectivity index (χ3v) is 5.96. The van der Waals surface area contributed by atoms with E-state index >= 15 is 0 Å². The Labute approximate surface area is 183 Å². The van der Waals surface area contributed by atoms with E-state index in [1.807, 2.05) is 49.4 Å². The van der Waals surface area contributed by atoms with Crippen molar-refractivity contribution < 1.29 is 17.9 Å². The average Bonchev–Trinajstić information content (AvgIpc) is 2.78. The molecule has 0 unspecified atom stereocenters. The summed E-state index contributed by atoms with van der Waals surface area (Å²) in [6, 6.07) is 22.6. The highest BCUT2D eigenvalue weighted by Crippen LogP contribution is 2.18. The molecular weight excluding hydrogens is 412 g/mol. The first-order chi connectivity index (χ1) is 14.9. The van der Waals surface area contributed by atoms with Crippen molar-refractivity contribution in [3.05, 3.63) is 90.0 Å². The minimum atomic E-state index is -3.79. The van der Waals surface area contributed by atoms with Crippen molar-refractivity contribution in [2.45, 2.75) is 24.7 Å². The molecule has 162 valence electrons. The molecule has 2 N–H and O–H groups in total. The summed E-state index contributed by atoms with van der Waals surface area (Å²) in [6.07, 6.45) is 1.55. The zero-order valence-corrected chi connectivity index (χ0v) is 18.2. The fourth-order valence-electron chi connectivity index (χ4n) is 2.88. The fraction of sp³-hybridized carbons (Fsp3) is 0.208. The highest BCUT2D eigenvalue weighted by Gasteiger charge is 2.16. The number of nitrogens with one attached hydrogen (secondary N) is 2. The number of ether oxygens (including phenoxy) is 1. The van der Waals surface area contributed by atoms with Crippen molar-refractivity contribution in [2.75, 3.05) is 17.9 Å². The number of aryl methyl sites for hydroxylation is 1. The molecule has 0 heterocycles. The second kappa shape index (κ2) is 10.6. The van der Waals surface area contributed by atoms with Crippen LogP contribution in [0.5, 0.6) is 5.75 Å². The molecule has 3 aromatic rings. The topological polar surface area (TPSA) is 84.5 Å². The molecule has 7 heteroatoms. The minimum absolute atomic E-state index is 0.0389. The van der Waals surface area contributed by atoms with Gasteiger partial charge in [-0.25, -0.2) is 8.42 Å². The normalized spacial score (nSPS) is 11.0. The van der Waals surface area contributed by atoms with E-state index in [-0.39, 0.29) is 10.8 Å². The number of rotatable bonds is 10. The summed E-state index contributed by atoms with van der Waals surface area (Å²) in [4.78, 5) is 12.5. The molecule has 0 radical (unpaired) electrons. The third kappa shape index (κ3) is 6.86. The van der Waals surface area contributed by atoms with Gasteiger partial charge in [-0.3, -0.25) is 9.52 Å². The van der Waals surface area contributed by atoms with Gasteiger partial charge in [0.2, 0.25) is 0 Å². The molecular formula is C24H26N2O4S. The van der Waals surface area contributed by atoms with Crippen LogP contribution in [0.25, 0.3) is 0 Å². The monoisotopic (exact) mass is 438 g/mol. The molecule has 0 fully saturated rings. The molecule has 3 rings (SSSR count). The molecule has 0 atom stereocenters. The van der Waals surface area contributed by atoms with Gasteiger partial charge in [-0.05, 0) is 62.2 Å². The van der Waals surface area contributed by atoms with Gasteiger partial charge in [-0.15, -0.1) is 0 Å². The Morgan fingerprint density at radius 3 is 2.39 bits per heavy atom. The molecule has 0 aliphatic heterocycles. The van der Waals surface area contributed by atoms with Crippen LogP contribution in [0.2, 0.25) is 0 Å². The van der Waals surface area contributed by atoms with Crippen molar-refractivity contribution in [1.29, 1.82) is 0 Å². The van der Waals surface area contributed by atoms with Crippen LogP contribution in [0.15, 0.2) is 83.8 Å². The van der Waals surface area contributed by atoms with E-state index in [1.165, 1.54) is 12.1 Å². The number of amides is 1. The molecule has 1 amide bonds. The van der Waals surface area contributed by atoms with Crippen LogP contribution >= 0.6 is 0 Å². The van der Waals surface area contributed by atoms with Crippen LogP contribution in [0.1, 0.15) is 28.8 Å². The molecule has 31 heavy (non-hydrogen) atoms. The maximum Gasteiger partial charge on any atom is 0.261 e. The molecule has 3 aromatic carbocycles. The van der Waals surface area contributed by atoms with Crippen LogP contribution in [0.4, 0.5) is 5.69 Å². The van der Waals surface area contributed by atoms with Gasteiger partial charge in [0, 0.05) is 17.8 Å². The van der Waals surface area contributed by atoms with E-state index < -0.39 is 10.0 Å². The molecule has 0 spiro atoms. The molecule has 6 nitrogen and oxygen atoms in total. The maximum atomic E-state index is 12.7. The van der Waals surface area contributed by atoms with Crippen molar-refractivity contribution in [1.82, 2.24) is 5.32 Å². The number of hydrogen-bond donors (Lipinski definition) is 2. The number of carbonyl (C=O) groups is 1. The molecule has 0 bridgehead atoms. The summed E-state index contributed by atoms with van der Waals surface area (Å²) >= 11 is 0. The maximum absolute atomic E-state index is 12.7. The lowest BCUT2D eigenvalue weighted by molar-refractivity contribution is 0.0952. The smallest absolute Gasteiger partial charge is 0.261 e. The lowest BCUT2D eigenvalue weighted by Crippen LogP contribution is -2.25. The largest absolute Gasteiger partial charge is 0.494 e. The third-order valence-electron chi connectivity index (χ3n) is 4.58. The Morgan fingerprint density at radius 1 is 0.903 bits per heavy atom. The summed E-state index contributed by atoms with van der Waals surface area (Å²) in [6.45, 7) is 2.98. The molecule has 0 aliphatic carbocycles. The van der Waals surface area contributed by atoms with E-state index in [1.54, 1.807) is 24.3 Å². The van der Waals surface area contributed by atoms with E-state index in [2.05, 4.69) is 10.0 Å². The van der Waals surface area contributed by atoms with Crippen molar-refractivity contribution in [2.24, 2.45) is 0 Å². The predicted octanol–water partition coefficient (Wildman–Crippen LogP) is 4.38. The van der Waals surface area contributed by atoms with Crippen LogP contribution < -0.4 is 14.8 Å². The van der Waals surface area contributed by atoms with Gasteiger partial charge in [0.25, 0.3) is 15.9 Å². The lowest BCUT2D eigenvalue weighted by Gasteiger charge is -2.10. The minimum Gasteiger partial charge on any atom is -0.494 e. The number of benzene rings is 3. The molecule has 0 saturated carbocycles. The Kier molecular flexibility index (Phi) is 7.67. The zero-order chi connectivity index (χ0) is 22.1. The Balaban J connectivity index is 1.49. The van der Waals surface area contributed by atoms with Gasteiger partial charge < -0.3 is 10.1 Å². The molecule has 0 aliphatic rings. The van der Waals surface area contributed by atoms with E-state index in [9.17, 15) is 13.2 Å². The molecule has 0 aromatic heterocycles. The standard InChI is InChI=1S/C24H26N2O4S/c1-19-12-14-21(15-13-19)26-31(28,29)23-11-7-8-20(18-23)24(27)25-16-5-6-17-30-22-9-3-2-4-10-22/h2-4,7-15,18,26H,5-6,16-17H2,1H3,(H,25,27). The van der Waals surface area contributed by atoms with Gasteiger partial charge >= 0.3 is 0 Å². The number of hydrogen-bond acceptors (Lipinski definition) is 4. The van der Waals surface area contributed by atoms with Gasteiger partial charge in [0.15, 0.2) is 0 Å². The van der Waals surface area contributed by atoms with Crippen LogP contribution in [0, 0.1) is 6.92 Å². The van der Waals surface area contributed by atoms with Crippen LogP contribution in [-0.2, 0) is 10.0 Å². The molecule has 0 saturated heterocycles. The number of anilines is 1. The second-order valence-electron chi connectivity index (χ2n) is 7.12. The predicted molar refractivity (Wildman–Crippen MR) is 122 cm³/mol. The summed E-state index contributed by atoms with van der Waals surface area (Å²) < 4.78 is 33.5. The second-order valence-corrected chi connectivity index (χ2v) is 8.81. The van der Waals surface area contributed by atoms with Gasteiger partial charge in [-0.1, -0.05) is 42.0 Å². The first-order valence-corrected chi connectivity index (χ1v) is 11.6. The Morgan fingerprint density at radius 2 is 1.65 bits per heavy atom. The fourth-order valence-corrected chi connectivity index (χ4v) is 3.98. The SMILES string of the molecule is Cc1ccc(NS(=O)(=O)c2cccc(C(=O)NCCCCOc3ccccc3)c2)cc1. The van der Waals surface area contributed by atoms with Crippen LogP contribution in [-0.4, -0.2) is 27.5 Å². The number of unbranched alkanes of at least 4 members (excludes halogenated alkanes) is 1. The first kappa shape index (κ1) is 22.4. The van der Waals surface area contributed by atoms with Crippen molar-refractivity contribution in [3.63, 3.8) is 0 Å². The summed E-state index contributed by atoms with van der Waals surface area (Å²) in [5, 5.41) is 2.82. The van der Waals surface area contributed by atoms with E-state index in [4.69, 9.17) is 4.74 Å². The average molecular weight is 439 g/mol. The van der Waals surface area contributed by atoms with Crippen molar-refractivity contribution >= 4 is 21.6 Å². The van der Waals surface area contributed by atoms with Crippen molar-refractivity contribution in [3.8, 4) is 5.75 Å². The Hall–Kier alpha value is -3.32. The number of carbonyl (C=O) groups excluding carboxylic acids is 1. The first-order valence-electron chi connectivity index (χ1n) is 10.1. The quantitative estimate of drug-likeness (QED) is 0.460. The summed E-state index contributed by atoms with van der Waals surface area (Å²) in [5.74, 6) is 0.514. The summed E-state index contributed by atoms with van der Waals surface area (Å²) in [5.41, 5.74) is 1.80.